The number of hydrogen-bond acceptors (Lipinski definition) is 11. The summed E-state index contributed by atoms with van der Waals surface area (Å²) in [5.41, 5.74) is 17.8. The summed E-state index contributed by atoms with van der Waals surface area (Å²) in [7, 11) is 0. The number of nitrogens with zero attached hydrogens (tertiary/aromatic N) is 3. The van der Waals surface area contributed by atoms with Gasteiger partial charge in [-0.25, -0.2) is 9.97 Å². The van der Waals surface area contributed by atoms with Gasteiger partial charge in [-0.2, -0.15) is 16.8 Å². The van der Waals surface area contributed by atoms with E-state index < -0.39 is 10.9 Å². The van der Waals surface area contributed by atoms with Crippen molar-refractivity contribution in [2.75, 3.05) is 28.2 Å². The molecule has 36 heavy (non-hydrogen) atoms. The first-order valence-corrected chi connectivity index (χ1v) is 14.2. The maximum absolute atomic E-state index is 12.3. The van der Waals surface area contributed by atoms with Crippen molar-refractivity contribution in [3.8, 4) is 0 Å². The molecule has 192 valence electrons. The van der Waals surface area contributed by atoms with E-state index in [1.54, 1.807) is 11.8 Å². The molecule has 4 rings (SSSR count). The second-order valence-corrected chi connectivity index (χ2v) is 11.2. The van der Waals surface area contributed by atoms with Crippen LogP contribution in [0.3, 0.4) is 0 Å². The summed E-state index contributed by atoms with van der Waals surface area (Å²) in [6, 6.07) is 0.0805. The molecular weight excluding hydrogens is 521 g/mol. The summed E-state index contributed by atoms with van der Waals surface area (Å²) < 4.78 is 0. The second-order valence-electron chi connectivity index (χ2n) is 8.37. The van der Waals surface area contributed by atoms with Gasteiger partial charge in [0.1, 0.15) is 11.4 Å². The SMILES string of the molecule is N=C(N)Nc1nc(C2CCCC(Nc3c(NCCSCc4csc(N=C(N)N)n4)c(=O)c3=O)C2)cs1. The number of aromatic nitrogens is 2. The van der Waals surface area contributed by atoms with Gasteiger partial charge in [0.15, 0.2) is 17.1 Å². The van der Waals surface area contributed by atoms with E-state index in [1.807, 2.05) is 10.8 Å². The third kappa shape index (κ3) is 6.53. The Morgan fingerprint density at radius 1 is 1.14 bits per heavy atom. The van der Waals surface area contributed by atoms with Gasteiger partial charge in [0, 0.05) is 40.8 Å². The minimum atomic E-state index is -0.476. The van der Waals surface area contributed by atoms with Crippen molar-refractivity contribution >= 4 is 68.0 Å². The summed E-state index contributed by atoms with van der Waals surface area (Å²) in [5, 5.41) is 21.5. The molecule has 15 heteroatoms. The molecule has 0 amide bonds. The number of aliphatic imine (C=N–C) groups is 1. The molecule has 0 aliphatic heterocycles. The summed E-state index contributed by atoms with van der Waals surface area (Å²) in [6.45, 7) is 0.549. The average Bonchev–Trinajstić information content (AvgIpc) is 3.49. The number of hydrogen-bond donors (Lipinski definition) is 7. The van der Waals surface area contributed by atoms with Crippen LogP contribution < -0.4 is 44.0 Å². The first-order valence-electron chi connectivity index (χ1n) is 11.3. The van der Waals surface area contributed by atoms with Gasteiger partial charge in [-0.15, -0.1) is 22.7 Å². The van der Waals surface area contributed by atoms with Gasteiger partial charge in [0.25, 0.3) is 10.9 Å². The van der Waals surface area contributed by atoms with Gasteiger partial charge in [0.2, 0.25) is 5.13 Å². The highest BCUT2D eigenvalue weighted by atomic mass is 32.2. The molecule has 2 aromatic heterocycles. The Balaban J connectivity index is 1.26. The monoisotopic (exact) mass is 548 g/mol. The predicted octanol–water partition coefficient (Wildman–Crippen LogP) is 1.89. The lowest BCUT2D eigenvalue weighted by molar-refractivity contribution is 0.406. The third-order valence-corrected chi connectivity index (χ3v) is 8.23. The van der Waals surface area contributed by atoms with Crippen LogP contribution in [0.4, 0.5) is 21.6 Å². The zero-order valence-electron chi connectivity index (χ0n) is 19.4. The van der Waals surface area contributed by atoms with E-state index in [0.717, 1.165) is 42.8 Å². The van der Waals surface area contributed by atoms with Gasteiger partial charge >= 0.3 is 0 Å². The third-order valence-electron chi connectivity index (χ3n) is 5.68. The van der Waals surface area contributed by atoms with Crippen LogP contribution in [-0.2, 0) is 5.75 Å². The van der Waals surface area contributed by atoms with Crippen LogP contribution in [0.25, 0.3) is 0 Å². The Morgan fingerprint density at radius 3 is 2.72 bits per heavy atom. The molecule has 2 atom stereocenters. The van der Waals surface area contributed by atoms with Crippen LogP contribution in [0.2, 0.25) is 0 Å². The highest BCUT2D eigenvalue weighted by Gasteiger charge is 2.28. The Kier molecular flexibility index (Phi) is 8.43. The van der Waals surface area contributed by atoms with E-state index in [4.69, 9.17) is 22.6 Å². The topological polar surface area (TPSA) is 210 Å². The maximum Gasteiger partial charge on any atom is 0.253 e. The first kappa shape index (κ1) is 25.9. The van der Waals surface area contributed by atoms with Crippen LogP contribution in [0.1, 0.15) is 43.0 Å². The van der Waals surface area contributed by atoms with E-state index in [9.17, 15) is 9.59 Å². The molecule has 2 heterocycles. The molecule has 1 aromatic carbocycles. The van der Waals surface area contributed by atoms with E-state index in [0.29, 0.717) is 33.9 Å². The highest BCUT2D eigenvalue weighted by Crippen LogP contribution is 2.36. The fourth-order valence-electron chi connectivity index (χ4n) is 4.09. The average molecular weight is 549 g/mol. The molecule has 12 nitrogen and oxygen atoms in total. The molecule has 1 aliphatic carbocycles. The van der Waals surface area contributed by atoms with Crippen LogP contribution in [-0.4, -0.2) is 40.2 Å². The van der Waals surface area contributed by atoms with E-state index in [1.165, 1.54) is 22.7 Å². The van der Waals surface area contributed by atoms with Crippen molar-refractivity contribution < 1.29 is 0 Å². The van der Waals surface area contributed by atoms with Crippen molar-refractivity contribution in [1.29, 1.82) is 5.41 Å². The zero-order valence-corrected chi connectivity index (χ0v) is 21.8. The normalized spacial score (nSPS) is 17.6. The lowest BCUT2D eigenvalue weighted by Crippen LogP contribution is -2.40. The number of nitrogens with two attached hydrogens (primary N) is 3. The summed E-state index contributed by atoms with van der Waals surface area (Å²) in [6.07, 6.45) is 3.73. The molecule has 0 spiro atoms. The van der Waals surface area contributed by atoms with Crippen LogP contribution >= 0.6 is 34.4 Å². The van der Waals surface area contributed by atoms with Gasteiger partial charge in [0.05, 0.1) is 11.4 Å². The number of nitrogens with one attached hydrogen (secondary N) is 4. The molecule has 0 bridgehead atoms. The Hall–Kier alpha value is -3.17. The van der Waals surface area contributed by atoms with Gasteiger partial charge in [-0.05, 0) is 19.3 Å². The molecule has 3 aromatic rings. The van der Waals surface area contributed by atoms with Crippen molar-refractivity contribution in [2.45, 2.75) is 43.4 Å². The second kappa shape index (κ2) is 11.7. The molecule has 0 saturated heterocycles. The molecule has 1 fully saturated rings. The maximum atomic E-state index is 12.3. The van der Waals surface area contributed by atoms with Crippen LogP contribution in [0.5, 0.6) is 0 Å². The Morgan fingerprint density at radius 2 is 1.94 bits per heavy atom. The smallest absolute Gasteiger partial charge is 0.253 e. The molecule has 0 radical (unpaired) electrons. The number of anilines is 3. The molecule has 1 saturated carbocycles. The number of guanidine groups is 2. The fourth-order valence-corrected chi connectivity index (χ4v) is 6.45. The minimum absolute atomic E-state index is 0.0202. The first-order chi connectivity index (χ1) is 17.3. The zero-order chi connectivity index (χ0) is 25.7. The largest absolute Gasteiger partial charge is 0.379 e. The van der Waals surface area contributed by atoms with Crippen molar-refractivity contribution in [2.24, 2.45) is 22.2 Å². The van der Waals surface area contributed by atoms with Gasteiger partial charge in [-0.3, -0.25) is 15.0 Å². The minimum Gasteiger partial charge on any atom is -0.379 e. The van der Waals surface area contributed by atoms with Crippen LogP contribution in [0.15, 0.2) is 25.3 Å². The number of thioether (sulfide) groups is 1. The number of thiazole rings is 2. The summed E-state index contributed by atoms with van der Waals surface area (Å²) >= 11 is 4.45. The van der Waals surface area contributed by atoms with Crippen molar-refractivity contribution in [1.82, 2.24) is 9.97 Å². The van der Waals surface area contributed by atoms with Gasteiger partial charge in [-0.1, -0.05) is 6.42 Å². The molecule has 10 N–H and O–H groups in total. The summed E-state index contributed by atoms with van der Waals surface area (Å²) in [5.74, 6) is 1.51. The molecule has 2 unspecified atom stereocenters. The van der Waals surface area contributed by atoms with E-state index in [2.05, 4.69) is 30.9 Å². The molecule has 1 aliphatic rings. The quantitative estimate of drug-likeness (QED) is 0.0795. The van der Waals surface area contributed by atoms with E-state index >= 15 is 0 Å². The standard InChI is InChI=1S/C21H28N10O2S3/c22-18(23)30-20-28-12(8-35-20)7-34-5-4-26-14-15(17(33)16(14)32)27-11-3-1-2-10(6-11)13-9-36-21(29-13)31-19(24)25/h8-11,26-27H,1-7H2,(H4,22,23,28,30)(H4,24,25,29,31). The van der Waals surface area contributed by atoms with Gasteiger partial charge < -0.3 is 33.2 Å². The molecular formula is C21H28N10O2S3. The summed E-state index contributed by atoms with van der Waals surface area (Å²) in [4.78, 5) is 37.2. The number of rotatable bonds is 11. The van der Waals surface area contributed by atoms with Crippen molar-refractivity contribution in [3.63, 3.8) is 0 Å². The highest BCUT2D eigenvalue weighted by molar-refractivity contribution is 7.98. The lowest BCUT2D eigenvalue weighted by atomic mass is 9.84. The van der Waals surface area contributed by atoms with Crippen molar-refractivity contribution in [3.05, 3.63) is 42.6 Å². The lowest BCUT2D eigenvalue weighted by Gasteiger charge is -2.30. The van der Waals surface area contributed by atoms with Crippen LogP contribution in [0, 0.1) is 5.41 Å². The fraction of sp³-hybridized carbons (Fsp3) is 0.429. The Labute approximate surface area is 219 Å². The Bertz CT molecular complexity index is 1310. The predicted molar refractivity (Wildman–Crippen MR) is 150 cm³/mol. The van der Waals surface area contributed by atoms with E-state index in [-0.39, 0.29) is 23.9 Å².